The Bertz CT molecular complexity index is 641. The van der Waals surface area contributed by atoms with Crippen molar-refractivity contribution in [3.05, 3.63) is 24.3 Å². The number of nitrogens with zero attached hydrogens (tertiary/aromatic N) is 3. The molecule has 0 spiro atoms. The lowest BCUT2D eigenvalue weighted by Crippen LogP contribution is -2.53. The first kappa shape index (κ1) is 15.8. The number of carbonyl (C=O) groups is 1. The van der Waals surface area contributed by atoms with E-state index in [4.69, 9.17) is 10.2 Å². The molecule has 0 aliphatic carbocycles. The van der Waals surface area contributed by atoms with Gasteiger partial charge in [0.25, 0.3) is 6.01 Å². The number of hydrogen-bond acceptors (Lipinski definition) is 5. The molecule has 23 heavy (non-hydrogen) atoms. The summed E-state index contributed by atoms with van der Waals surface area (Å²) in [6.07, 6.45) is 0.726. The van der Waals surface area contributed by atoms with E-state index in [1.165, 1.54) is 0 Å². The molecule has 1 aromatic heterocycles. The molecule has 2 aromatic rings. The lowest BCUT2D eigenvalue weighted by molar-refractivity contribution is -0.133. The van der Waals surface area contributed by atoms with Gasteiger partial charge in [-0.05, 0) is 24.5 Å². The van der Waals surface area contributed by atoms with Gasteiger partial charge < -0.3 is 20.0 Å². The summed E-state index contributed by atoms with van der Waals surface area (Å²) in [5.74, 6) is 0.478. The maximum atomic E-state index is 12.4. The molecule has 0 unspecified atom stereocenters. The summed E-state index contributed by atoms with van der Waals surface area (Å²) in [6.45, 7) is 6.91. The molecule has 3 rings (SSSR count). The molecule has 1 saturated heterocycles. The van der Waals surface area contributed by atoms with E-state index in [2.05, 4.69) is 23.7 Å². The molecule has 1 amide bonds. The van der Waals surface area contributed by atoms with Gasteiger partial charge in [-0.1, -0.05) is 26.0 Å². The molecular formula is C17H24N4O2. The number of carbonyl (C=O) groups excluding carboxylic acids is 1. The molecule has 6 heteroatoms. The lowest BCUT2D eigenvalue weighted by Gasteiger charge is -2.35. The number of nitrogens with two attached hydrogens (primary N) is 1. The highest BCUT2D eigenvalue weighted by atomic mass is 16.4. The molecule has 2 N–H and O–H groups in total. The summed E-state index contributed by atoms with van der Waals surface area (Å²) in [6, 6.07) is 7.96. The van der Waals surface area contributed by atoms with E-state index < -0.39 is 6.04 Å². The SMILES string of the molecule is CC(C)C[C@H](N)C(=O)N1CCN(c2nc3ccccc3o2)CC1. The maximum Gasteiger partial charge on any atom is 0.298 e. The first-order valence-electron chi connectivity index (χ1n) is 8.19. The minimum Gasteiger partial charge on any atom is -0.423 e. The smallest absolute Gasteiger partial charge is 0.298 e. The van der Waals surface area contributed by atoms with Crippen molar-refractivity contribution in [2.45, 2.75) is 26.3 Å². The molecule has 2 heterocycles. The van der Waals surface area contributed by atoms with Gasteiger partial charge in [-0.25, -0.2) is 0 Å². The van der Waals surface area contributed by atoms with Crippen LogP contribution in [-0.4, -0.2) is 48.0 Å². The van der Waals surface area contributed by atoms with E-state index in [1.807, 2.05) is 29.2 Å². The number of fused-ring (bicyclic) bond motifs is 1. The average molecular weight is 316 g/mol. The number of oxazole rings is 1. The van der Waals surface area contributed by atoms with Crippen molar-refractivity contribution in [1.82, 2.24) is 9.88 Å². The predicted octanol–water partition coefficient (Wildman–Crippen LogP) is 1.85. The number of rotatable bonds is 4. The quantitative estimate of drug-likeness (QED) is 0.931. The Hall–Kier alpha value is -2.08. The van der Waals surface area contributed by atoms with Crippen LogP contribution in [0.1, 0.15) is 20.3 Å². The molecule has 0 saturated carbocycles. The predicted molar refractivity (Wildman–Crippen MR) is 90.2 cm³/mol. The van der Waals surface area contributed by atoms with Crippen molar-refractivity contribution in [3.8, 4) is 0 Å². The number of para-hydroxylation sites is 2. The van der Waals surface area contributed by atoms with Crippen molar-refractivity contribution in [3.63, 3.8) is 0 Å². The van der Waals surface area contributed by atoms with E-state index >= 15 is 0 Å². The number of piperazine rings is 1. The van der Waals surface area contributed by atoms with Crippen LogP contribution in [-0.2, 0) is 4.79 Å². The van der Waals surface area contributed by atoms with Crippen LogP contribution in [0.2, 0.25) is 0 Å². The Labute approximate surface area is 136 Å². The molecule has 1 aliphatic heterocycles. The molecule has 0 bridgehead atoms. The molecule has 1 atom stereocenters. The summed E-state index contributed by atoms with van der Waals surface area (Å²) in [5.41, 5.74) is 7.66. The van der Waals surface area contributed by atoms with Crippen LogP contribution >= 0.6 is 0 Å². The van der Waals surface area contributed by atoms with Crippen LogP contribution < -0.4 is 10.6 Å². The fraction of sp³-hybridized carbons (Fsp3) is 0.529. The second kappa shape index (κ2) is 6.58. The Morgan fingerprint density at radius 2 is 1.96 bits per heavy atom. The zero-order valence-electron chi connectivity index (χ0n) is 13.7. The summed E-state index contributed by atoms with van der Waals surface area (Å²) in [5, 5.41) is 0. The van der Waals surface area contributed by atoms with Gasteiger partial charge >= 0.3 is 0 Å². The molecule has 1 fully saturated rings. The highest BCUT2D eigenvalue weighted by Gasteiger charge is 2.27. The molecule has 0 radical (unpaired) electrons. The highest BCUT2D eigenvalue weighted by molar-refractivity contribution is 5.82. The molecule has 6 nitrogen and oxygen atoms in total. The molecule has 124 valence electrons. The minimum absolute atomic E-state index is 0.0518. The molecular weight excluding hydrogens is 292 g/mol. The Morgan fingerprint density at radius 1 is 1.26 bits per heavy atom. The third-order valence-corrected chi connectivity index (χ3v) is 4.19. The van der Waals surface area contributed by atoms with Gasteiger partial charge in [0.2, 0.25) is 5.91 Å². The number of amides is 1. The van der Waals surface area contributed by atoms with Crippen molar-refractivity contribution < 1.29 is 9.21 Å². The van der Waals surface area contributed by atoms with Gasteiger partial charge in [-0.15, -0.1) is 0 Å². The van der Waals surface area contributed by atoms with Gasteiger partial charge in [0.05, 0.1) is 6.04 Å². The van der Waals surface area contributed by atoms with Gasteiger partial charge in [0.15, 0.2) is 5.58 Å². The third kappa shape index (κ3) is 3.47. The van der Waals surface area contributed by atoms with Gasteiger partial charge in [0, 0.05) is 26.2 Å². The first-order valence-corrected chi connectivity index (χ1v) is 8.19. The normalized spacial score (nSPS) is 17.0. The van der Waals surface area contributed by atoms with E-state index in [9.17, 15) is 4.79 Å². The summed E-state index contributed by atoms with van der Waals surface area (Å²) >= 11 is 0. The maximum absolute atomic E-state index is 12.4. The summed E-state index contributed by atoms with van der Waals surface area (Å²) in [4.78, 5) is 20.8. The monoisotopic (exact) mass is 316 g/mol. The third-order valence-electron chi connectivity index (χ3n) is 4.19. The second-order valence-electron chi connectivity index (χ2n) is 6.51. The summed E-state index contributed by atoms with van der Waals surface area (Å²) in [7, 11) is 0. The summed E-state index contributed by atoms with van der Waals surface area (Å²) < 4.78 is 5.79. The van der Waals surface area contributed by atoms with Crippen LogP contribution in [0.5, 0.6) is 0 Å². The average Bonchev–Trinajstić information content (AvgIpc) is 2.97. The topological polar surface area (TPSA) is 75.6 Å². The van der Waals surface area contributed by atoms with Gasteiger partial charge in [0.1, 0.15) is 5.52 Å². The molecule has 1 aliphatic rings. The van der Waals surface area contributed by atoms with E-state index in [0.717, 1.165) is 17.5 Å². The van der Waals surface area contributed by atoms with E-state index in [1.54, 1.807) is 0 Å². The van der Waals surface area contributed by atoms with E-state index in [-0.39, 0.29) is 5.91 Å². The first-order chi connectivity index (χ1) is 11.0. The lowest BCUT2D eigenvalue weighted by atomic mass is 10.0. The van der Waals surface area contributed by atoms with Crippen LogP contribution in [0.15, 0.2) is 28.7 Å². The van der Waals surface area contributed by atoms with Crippen molar-refractivity contribution >= 4 is 23.0 Å². The Balaban J connectivity index is 1.60. The zero-order valence-corrected chi connectivity index (χ0v) is 13.7. The van der Waals surface area contributed by atoms with Crippen LogP contribution in [0, 0.1) is 5.92 Å². The van der Waals surface area contributed by atoms with Crippen LogP contribution in [0.25, 0.3) is 11.1 Å². The van der Waals surface area contributed by atoms with E-state index in [0.29, 0.717) is 38.1 Å². The zero-order chi connectivity index (χ0) is 16.4. The van der Waals surface area contributed by atoms with Crippen molar-refractivity contribution in [1.29, 1.82) is 0 Å². The minimum atomic E-state index is -0.397. The fourth-order valence-electron chi connectivity index (χ4n) is 2.96. The largest absolute Gasteiger partial charge is 0.423 e. The van der Waals surface area contributed by atoms with Gasteiger partial charge in [-0.2, -0.15) is 4.98 Å². The number of anilines is 1. The molecule has 1 aromatic carbocycles. The number of aromatic nitrogens is 1. The van der Waals surface area contributed by atoms with Crippen LogP contribution in [0.4, 0.5) is 6.01 Å². The highest BCUT2D eigenvalue weighted by Crippen LogP contribution is 2.22. The fourth-order valence-corrected chi connectivity index (χ4v) is 2.96. The van der Waals surface area contributed by atoms with Crippen LogP contribution in [0.3, 0.4) is 0 Å². The van der Waals surface area contributed by atoms with Gasteiger partial charge in [-0.3, -0.25) is 4.79 Å². The van der Waals surface area contributed by atoms with Crippen molar-refractivity contribution in [2.75, 3.05) is 31.1 Å². The Kier molecular flexibility index (Phi) is 4.52. The number of hydrogen-bond donors (Lipinski definition) is 1. The van der Waals surface area contributed by atoms with Crippen molar-refractivity contribution in [2.24, 2.45) is 11.7 Å². The Morgan fingerprint density at radius 3 is 2.61 bits per heavy atom. The second-order valence-corrected chi connectivity index (χ2v) is 6.51. The number of benzene rings is 1. The standard InChI is InChI=1S/C17H24N4O2/c1-12(2)11-13(18)16(22)20-7-9-21(10-8-20)17-19-14-5-3-4-6-15(14)23-17/h3-6,12-13H,7-11,18H2,1-2H3/t13-/m0/s1.